The molecule has 5 nitrogen and oxygen atoms in total. The van der Waals surface area contributed by atoms with Crippen molar-refractivity contribution in [2.24, 2.45) is 0 Å². The highest BCUT2D eigenvalue weighted by Gasteiger charge is 2.37. The van der Waals surface area contributed by atoms with E-state index < -0.39 is 23.6 Å². The molecule has 2 rings (SSSR count). The third-order valence-corrected chi connectivity index (χ3v) is 3.90. The van der Waals surface area contributed by atoms with E-state index in [2.05, 4.69) is 9.72 Å². The molecule has 0 aliphatic heterocycles. The molecule has 1 aromatic heterocycles. The number of rotatable bonds is 6. The summed E-state index contributed by atoms with van der Waals surface area (Å²) in [6, 6.07) is 1.05. The molecule has 0 unspecified atom stereocenters. The van der Waals surface area contributed by atoms with E-state index in [1.54, 1.807) is 0 Å². The minimum Gasteiger partial charge on any atom is -0.481 e. The fraction of sp³-hybridized carbons (Fsp3) is 0.600. The average Bonchev–Trinajstić information content (AvgIpc) is 2.93. The van der Waals surface area contributed by atoms with Crippen LogP contribution in [-0.2, 0) is 15.7 Å². The second-order valence-corrected chi connectivity index (χ2v) is 5.41. The molecule has 1 aromatic rings. The molecule has 1 N–H and O–H groups in total. The molecular formula is C15H18F3NO4. The predicted octanol–water partition coefficient (Wildman–Crippen LogP) is 3.24. The van der Waals surface area contributed by atoms with E-state index in [9.17, 15) is 18.0 Å². The molecule has 2 atom stereocenters. The van der Waals surface area contributed by atoms with Crippen LogP contribution in [-0.4, -0.2) is 35.9 Å². The lowest BCUT2D eigenvalue weighted by Gasteiger charge is -2.21. The maximum atomic E-state index is 13.1. The number of carbonyl (C=O) groups is 1. The topological polar surface area (TPSA) is 68.7 Å². The summed E-state index contributed by atoms with van der Waals surface area (Å²) in [5.74, 6) is -1.64. The van der Waals surface area contributed by atoms with Crippen LogP contribution in [0, 0.1) is 0 Å². The third kappa shape index (κ3) is 4.34. The number of alkyl halides is 3. The molecule has 128 valence electrons. The molecule has 1 saturated carbocycles. The Hall–Kier alpha value is -1.83. The summed E-state index contributed by atoms with van der Waals surface area (Å²) in [4.78, 5) is 14.3. The molecule has 8 heteroatoms. The SMILES string of the molecule is COc1ncc([C@H]2CCC[C@@H]2OCCC(=O)O)cc1C(F)(F)F. The molecule has 0 spiro atoms. The number of ether oxygens (including phenoxy) is 2. The molecule has 1 heterocycles. The summed E-state index contributed by atoms with van der Waals surface area (Å²) in [7, 11) is 1.14. The van der Waals surface area contributed by atoms with Gasteiger partial charge in [-0.05, 0) is 24.5 Å². The van der Waals surface area contributed by atoms with Gasteiger partial charge in [-0.1, -0.05) is 6.42 Å². The Morgan fingerprint density at radius 2 is 2.17 bits per heavy atom. The number of halogens is 3. The molecule has 0 radical (unpaired) electrons. The second kappa shape index (κ2) is 7.16. The number of carboxylic acids is 1. The van der Waals surface area contributed by atoms with Gasteiger partial charge in [0, 0.05) is 12.1 Å². The van der Waals surface area contributed by atoms with Gasteiger partial charge < -0.3 is 14.6 Å². The van der Waals surface area contributed by atoms with Crippen LogP contribution in [0.3, 0.4) is 0 Å². The molecule has 1 fully saturated rings. The van der Waals surface area contributed by atoms with Gasteiger partial charge in [0.2, 0.25) is 5.88 Å². The first-order chi connectivity index (χ1) is 10.8. The van der Waals surface area contributed by atoms with Crippen LogP contribution >= 0.6 is 0 Å². The van der Waals surface area contributed by atoms with E-state index in [1.165, 1.54) is 6.20 Å². The molecule has 1 aliphatic rings. The zero-order valence-corrected chi connectivity index (χ0v) is 12.6. The van der Waals surface area contributed by atoms with E-state index in [0.717, 1.165) is 19.6 Å². The Morgan fingerprint density at radius 1 is 1.43 bits per heavy atom. The molecule has 0 saturated heterocycles. The van der Waals surface area contributed by atoms with Gasteiger partial charge in [-0.3, -0.25) is 4.79 Å². The standard InChI is InChI=1S/C15H18F3NO4/c1-22-14-11(15(16,17)18)7-9(8-19-14)10-3-2-4-12(10)23-6-5-13(20)21/h7-8,10,12H,2-6H2,1H3,(H,20,21)/t10-,12+/m1/s1. The number of methoxy groups -OCH3 is 1. The highest BCUT2D eigenvalue weighted by atomic mass is 19.4. The molecule has 0 bridgehead atoms. The van der Waals surface area contributed by atoms with E-state index >= 15 is 0 Å². The maximum absolute atomic E-state index is 13.1. The monoisotopic (exact) mass is 333 g/mol. The van der Waals surface area contributed by atoms with Crippen LogP contribution in [0.4, 0.5) is 13.2 Å². The Bertz CT molecular complexity index is 562. The Morgan fingerprint density at radius 3 is 2.78 bits per heavy atom. The summed E-state index contributed by atoms with van der Waals surface area (Å²) >= 11 is 0. The summed E-state index contributed by atoms with van der Waals surface area (Å²) in [5.41, 5.74) is -0.468. The smallest absolute Gasteiger partial charge is 0.421 e. The lowest BCUT2D eigenvalue weighted by molar-refractivity contribution is -0.140. The van der Waals surface area contributed by atoms with E-state index in [1.807, 2.05) is 0 Å². The molecule has 0 amide bonds. The van der Waals surface area contributed by atoms with Gasteiger partial charge in [-0.2, -0.15) is 13.2 Å². The second-order valence-electron chi connectivity index (χ2n) is 5.41. The minimum absolute atomic E-state index is 0.0478. The number of aromatic nitrogens is 1. The van der Waals surface area contributed by atoms with Gasteiger partial charge in [-0.15, -0.1) is 0 Å². The maximum Gasteiger partial charge on any atom is 0.421 e. The minimum atomic E-state index is -4.55. The van der Waals surface area contributed by atoms with Crippen molar-refractivity contribution < 1.29 is 32.5 Å². The highest BCUT2D eigenvalue weighted by Crippen LogP contribution is 2.41. The summed E-state index contributed by atoms with van der Waals surface area (Å²) in [6.45, 7) is 0.0478. The van der Waals surface area contributed by atoms with E-state index in [0.29, 0.717) is 18.4 Å². The van der Waals surface area contributed by atoms with Crippen molar-refractivity contribution in [3.05, 3.63) is 23.4 Å². The Kier molecular flexibility index (Phi) is 5.46. The average molecular weight is 333 g/mol. The van der Waals surface area contributed by atoms with Crippen molar-refractivity contribution in [1.29, 1.82) is 0 Å². The fourth-order valence-corrected chi connectivity index (χ4v) is 2.84. The molecule has 23 heavy (non-hydrogen) atoms. The summed E-state index contributed by atoms with van der Waals surface area (Å²) in [5, 5.41) is 8.63. The number of hydrogen-bond acceptors (Lipinski definition) is 4. The number of aliphatic carboxylic acids is 1. The third-order valence-electron chi connectivity index (χ3n) is 3.90. The molecular weight excluding hydrogens is 315 g/mol. The van der Waals surface area contributed by atoms with Crippen molar-refractivity contribution in [3.63, 3.8) is 0 Å². The lowest BCUT2D eigenvalue weighted by Crippen LogP contribution is -2.19. The number of nitrogens with zero attached hydrogens (tertiary/aromatic N) is 1. The molecule has 0 aromatic carbocycles. The number of carboxylic acid groups (broad SMARTS) is 1. The Labute approximate surface area is 131 Å². The van der Waals surface area contributed by atoms with Gasteiger partial charge in [0.05, 0.1) is 26.2 Å². The van der Waals surface area contributed by atoms with Crippen molar-refractivity contribution in [3.8, 4) is 5.88 Å². The Balaban J connectivity index is 2.18. The quantitative estimate of drug-likeness (QED) is 0.865. The van der Waals surface area contributed by atoms with E-state index in [-0.39, 0.29) is 25.0 Å². The number of pyridine rings is 1. The summed E-state index contributed by atoms with van der Waals surface area (Å²) in [6.07, 6.45) is -1.40. The largest absolute Gasteiger partial charge is 0.481 e. The first-order valence-corrected chi connectivity index (χ1v) is 7.27. The normalized spacial score (nSPS) is 21.4. The van der Waals surface area contributed by atoms with E-state index in [4.69, 9.17) is 9.84 Å². The van der Waals surface area contributed by atoms with Gasteiger partial charge >= 0.3 is 12.1 Å². The summed E-state index contributed by atoms with van der Waals surface area (Å²) < 4.78 is 49.4. The first-order valence-electron chi connectivity index (χ1n) is 7.27. The van der Waals surface area contributed by atoms with Crippen LogP contribution < -0.4 is 4.74 Å². The molecule has 1 aliphatic carbocycles. The van der Waals surface area contributed by atoms with Crippen LogP contribution in [0.1, 0.15) is 42.7 Å². The number of hydrogen-bond donors (Lipinski definition) is 1. The van der Waals surface area contributed by atoms with Gasteiger partial charge in [0.15, 0.2) is 0 Å². The van der Waals surface area contributed by atoms with Crippen molar-refractivity contribution in [2.75, 3.05) is 13.7 Å². The lowest BCUT2D eigenvalue weighted by atomic mass is 9.96. The zero-order chi connectivity index (χ0) is 17.0. The zero-order valence-electron chi connectivity index (χ0n) is 12.6. The highest BCUT2D eigenvalue weighted by molar-refractivity contribution is 5.66. The van der Waals surface area contributed by atoms with Crippen LogP contribution in [0.25, 0.3) is 0 Å². The van der Waals surface area contributed by atoms with Crippen molar-refractivity contribution >= 4 is 5.97 Å². The first kappa shape index (κ1) is 17.5. The van der Waals surface area contributed by atoms with Gasteiger partial charge in [0.1, 0.15) is 5.56 Å². The van der Waals surface area contributed by atoms with Crippen LogP contribution in [0.2, 0.25) is 0 Å². The van der Waals surface area contributed by atoms with Crippen molar-refractivity contribution in [2.45, 2.75) is 43.9 Å². The fourth-order valence-electron chi connectivity index (χ4n) is 2.84. The van der Waals surface area contributed by atoms with Crippen molar-refractivity contribution in [1.82, 2.24) is 4.98 Å². The predicted molar refractivity (Wildman–Crippen MR) is 74.4 cm³/mol. The van der Waals surface area contributed by atoms with Crippen LogP contribution in [0.5, 0.6) is 5.88 Å². The van der Waals surface area contributed by atoms with Crippen LogP contribution in [0.15, 0.2) is 12.3 Å². The van der Waals surface area contributed by atoms with Gasteiger partial charge in [-0.25, -0.2) is 4.98 Å². The van der Waals surface area contributed by atoms with Gasteiger partial charge in [0.25, 0.3) is 0 Å².